The van der Waals surface area contributed by atoms with Crippen LogP contribution in [0, 0.1) is 17.1 Å². The lowest BCUT2D eigenvalue weighted by Crippen LogP contribution is -2.13. The van der Waals surface area contributed by atoms with Gasteiger partial charge < -0.3 is 10.1 Å². The summed E-state index contributed by atoms with van der Waals surface area (Å²) in [4.78, 5) is 12.5. The zero-order valence-corrected chi connectivity index (χ0v) is 16.8. The average Bonchev–Trinajstić information content (AvgIpc) is 2.72. The molecule has 0 heterocycles. The summed E-state index contributed by atoms with van der Waals surface area (Å²) in [6.45, 7) is 0.233. The summed E-state index contributed by atoms with van der Waals surface area (Å²) >= 11 is 3.34. The fourth-order valence-corrected chi connectivity index (χ4v) is 2.94. The normalized spacial score (nSPS) is 10.9. The summed E-state index contributed by atoms with van der Waals surface area (Å²) in [5.74, 6) is -0.314. The molecule has 0 saturated heterocycles. The number of hydrogen-bond acceptors (Lipinski definition) is 3. The van der Waals surface area contributed by atoms with E-state index in [2.05, 4.69) is 21.2 Å². The minimum absolute atomic E-state index is 0.0530. The van der Waals surface area contributed by atoms with Crippen LogP contribution < -0.4 is 10.1 Å². The number of amides is 1. The number of halogens is 2. The van der Waals surface area contributed by atoms with Crippen molar-refractivity contribution >= 4 is 33.6 Å². The highest BCUT2D eigenvalue weighted by Crippen LogP contribution is 2.23. The maximum atomic E-state index is 13.0. The van der Waals surface area contributed by atoms with Crippen LogP contribution in [0.4, 0.5) is 10.1 Å². The van der Waals surface area contributed by atoms with Crippen LogP contribution in [0.25, 0.3) is 6.08 Å². The molecule has 144 valence electrons. The fourth-order valence-electron chi connectivity index (χ4n) is 2.54. The van der Waals surface area contributed by atoms with Crippen LogP contribution in [0.1, 0.15) is 11.1 Å². The Balaban J connectivity index is 1.77. The summed E-state index contributed by atoms with van der Waals surface area (Å²) in [6, 6.07) is 22.1. The molecular weight excluding hydrogens is 435 g/mol. The van der Waals surface area contributed by atoms with Crippen LogP contribution in [0.3, 0.4) is 0 Å². The molecule has 0 aromatic heterocycles. The molecule has 1 amide bonds. The van der Waals surface area contributed by atoms with Gasteiger partial charge >= 0.3 is 0 Å². The number of benzene rings is 3. The molecule has 29 heavy (non-hydrogen) atoms. The van der Waals surface area contributed by atoms with Gasteiger partial charge in [-0.05, 0) is 48.0 Å². The van der Waals surface area contributed by atoms with Gasteiger partial charge in [-0.25, -0.2) is 4.39 Å². The van der Waals surface area contributed by atoms with Crippen molar-refractivity contribution in [1.82, 2.24) is 0 Å². The standard InChI is InChI=1S/C23H16BrFN2O2/c24-19-5-3-6-21(13-19)27-23(28)18(14-26)12-17-4-1-2-7-22(17)29-15-16-8-10-20(25)11-9-16/h1-13H,15H2,(H,27,28)/b18-12-. The maximum absolute atomic E-state index is 13.0. The van der Waals surface area contributed by atoms with Crippen LogP contribution in [0.15, 0.2) is 82.8 Å². The number of nitrogens with zero attached hydrogens (tertiary/aromatic N) is 1. The van der Waals surface area contributed by atoms with Crippen molar-refractivity contribution in [2.24, 2.45) is 0 Å². The minimum atomic E-state index is -0.515. The first-order valence-corrected chi connectivity index (χ1v) is 9.49. The highest BCUT2D eigenvalue weighted by molar-refractivity contribution is 9.10. The Morgan fingerprint density at radius 3 is 2.59 bits per heavy atom. The van der Waals surface area contributed by atoms with Crippen molar-refractivity contribution in [3.8, 4) is 11.8 Å². The van der Waals surface area contributed by atoms with Gasteiger partial charge in [0.15, 0.2) is 0 Å². The lowest BCUT2D eigenvalue weighted by molar-refractivity contribution is -0.112. The molecule has 3 aromatic rings. The van der Waals surface area contributed by atoms with Crippen molar-refractivity contribution in [2.45, 2.75) is 6.61 Å². The molecule has 0 aliphatic rings. The molecule has 0 fully saturated rings. The number of carbonyl (C=O) groups excluding carboxylic acids is 1. The lowest BCUT2D eigenvalue weighted by Gasteiger charge is -2.10. The Morgan fingerprint density at radius 1 is 1.10 bits per heavy atom. The summed E-state index contributed by atoms with van der Waals surface area (Å²) in [7, 11) is 0. The van der Waals surface area contributed by atoms with Crippen LogP contribution in [0.5, 0.6) is 5.75 Å². The SMILES string of the molecule is N#C/C(=C/c1ccccc1OCc1ccc(F)cc1)C(=O)Nc1cccc(Br)c1. The molecule has 0 radical (unpaired) electrons. The predicted octanol–water partition coefficient (Wildman–Crippen LogP) is 5.71. The van der Waals surface area contributed by atoms with E-state index in [4.69, 9.17) is 4.74 Å². The van der Waals surface area contributed by atoms with E-state index in [1.165, 1.54) is 18.2 Å². The summed E-state index contributed by atoms with van der Waals surface area (Å²) in [5.41, 5.74) is 1.92. The van der Waals surface area contributed by atoms with E-state index < -0.39 is 5.91 Å². The predicted molar refractivity (Wildman–Crippen MR) is 114 cm³/mol. The highest BCUT2D eigenvalue weighted by Gasteiger charge is 2.11. The first-order chi connectivity index (χ1) is 14.0. The molecular formula is C23H16BrFN2O2. The minimum Gasteiger partial charge on any atom is -0.488 e. The van der Waals surface area contributed by atoms with Crippen LogP contribution in [0.2, 0.25) is 0 Å². The number of nitrogens with one attached hydrogen (secondary N) is 1. The zero-order chi connectivity index (χ0) is 20.6. The van der Waals surface area contributed by atoms with Gasteiger partial charge in [0.05, 0.1) is 0 Å². The number of hydrogen-bond donors (Lipinski definition) is 1. The van der Waals surface area contributed by atoms with Gasteiger partial charge in [0.1, 0.15) is 29.8 Å². The molecule has 0 spiro atoms. The van der Waals surface area contributed by atoms with Crippen molar-refractivity contribution in [2.75, 3.05) is 5.32 Å². The van der Waals surface area contributed by atoms with Crippen molar-refractivity contribution in [3.63, 3.8) is 0 Å². The quantitative estimate of drug-likeness (QED) is 0.386. The van der Waals surface area contributed by atoms with Crippen LogP contribution in [-0.2, 0) is 11.4 Å². The number of ether oxygens (including phenoxy) is 1. The van der Waals surface area contributed by atoms with E-state index in [9.17, 15) is 14.4 Å². The van der Waals surface area contributed by atoms with E-state index in [1.54, 1.807) is 54.6 Å². The smallest absolute Gasteiger partial charge is 0.266 e. The Morgan fingerprint density at radius 2 is 1.86 bits per heavy atom. The summed E-state index contributed by atoms with van der Waals surface area (Å²) in [5, 5.41) is 12.2. The van der Waals surface area contributed by atoms with E-state index in [0.717, 1.165) is 10.0 Å². The second-order valence-electron chi connectivity index (χ2n) is 6.09. The number of nitriles is 1. The molecule has 4 nitrogen and oxygen atoms in total. The Labute approximate surface area is 176 Å². The van der Waals surface area contributed by atoms with Crippen LogP contribution in [-0.4, -0.2) is 5.91 Å². The first-order valence-electron chi connectivity index (χ1n) is 8.70. The molecule has 1 N–H and O–H groups in total. The summed E-state index contributed by atoms with van der Waals surface area (Å²) in [6.07, 6.45) is 1.48. The Hall–Kier alpha value is -3.43. The van der Waals surface area contributed by atoms with Gasteiger partial charge in [-0.2, -0.15) is 5.26 Å². The number of carbonyl (C=O) groups is 1. The van der Waals surface area contributed by atoms with Gasteiger partial charge in [0, 0.05) is 15.7 Å². The average molecular weight is 451 g/mol. The maximum Gasteiger partial charge on any atom is 0.266 e. The zero-order valence-electron chi connectivity index (χ0n) is 15.2. The molecule has 3 rings (SSSR count). The van der Waals surface area contributed by atoms with E-state index in [-0.39, 0.29) is 18.0 Å². The Bertz CT molecular complexity index is 1090. The fraction of sp³-hybridized carbons (Fsp3) is 0.0435. The third kappa shape index (κ3) is 5.77. The van der Waals surface area contributed by atoms with Gasteiger partial charge in [-0.1, -0.05) is 52.3 Å². The molecule has 0 atom stereocenters. The van der Waals surface area contributed by atoms with Crippen molar-refractivity contribution < 1.29 is 13.9 Å². The van der Waals surface area contributed by atoms with Gasteiger partial charge in [0.2, 0.25) is 0 Å². The van der Waals surface area contributed by atoms with Gasteiger partial charge in [-0.15, -0.1) is 0 Å². The van der Waals surface area contributed by atoms with E-state index in [1.807, 2.05) is 12.1 Å². The Kier molecular flexibility index (Phi) is 6.77. The second kappa shape index (κ2) is 9.67. The largest absolute Gasteiger partial charge is 0.488 e. The van der Waals surface area contributed by atoms with E-state index in [0.29, 0.717) is 17.0 Å². The number of rotatable bonds is 6. The molecule has 0 aliphatic heterocycles. The van der Waals surface area contributed by atoms with Gasteiger partial charge in [0.25, 0.3) is 5.91 Å². The van der Waals surface area contributed by atoms with Crippen molar-refractivity contribution in [1.29, 1.82) is 5.26 Å². The van der Waals surface area contributed by atoms with Gasteiger partial charge in [-0.3, -0.25) is 4.79 Å². The second-order valence-corrected chi connectivity index (χ2v) is 7.00. The molecule has 3 aromatic carbocycles. The number of anilines is 1. The topological polar surface area (TPSA) is 62.1 Å². The molecule has 6 heteroatoms. The molecule has 0 unspecified atom stereocenters. The first kappa shape index (κ1) is 20.3. The van der Waals surface area contributed by atoms with Crippen molar-refractivity contribution in [3.05, 3.63) is 99.8 Å². The molecule has 0 saturated carbocycles. The summed E-state index contributed by atoms with van der Waals surface area (Å²) < 4.78 is 19.7. The third-order valence-electron chi connectivity index (χ3n) is 3.97. The van der Waals surface area contributed by atoms with Crippen LogP contribution >= 0.6 is 15.9 Å². The molecule has 0 aliphatic carbocycles. The monoisotopic (exact) mass is 450 g/mol. The lowest BCUT2D eigenvalue weighted by atomic mass is 10.1. The number of para-hydroxylation sites is 1. The van der Waals surface area contributed by atoms with E-state index >= 15 is 0 Å². The molecule has 0 bridgehead atoms. The third-order valence-corrected chi connectivity index (χ3v) is 4.47. The highest BCUT2D eigenvalue weighted by atomic mass is 79.9.